The van der Waals surface area contributed by atoms with Crippen molar-refractivity contribution in [2.45, 2.75) is 19.4 Å². The summed E-state index contributed by atoms with van der Waals surface area (Å²) in [5, 5.41) is 0. The van der Waals surface area contributed by atoms with E-state index in [1.165, 1.54) is 5.69 Å². The van der Waals surface area contributed by atoms with Gasteiger partial charge in [0.2, 0.25) is 0 Å². The number of hydrogen-bond donors (Lipinski definition) is 1. The van der Waals surface area contributed by atoms with Crippen molar-refractivity contribution in [1.29, 1.82) is 0 Å². The molecule has 1 aromatic carbocycles. The lowest BCUT2D eigenvalue weighted by molar-refractivity contribution is -0.0276. The minimum absolute atomic E-state index is 0.0866. The quantitative estimate of drug-likeness (QED) is 0.817. The monoisotopic (exact) mass is 231 g/mol. The van der Waals surface area contributed by atoms with E-state index in [9.17, 15) is 0 Å². The standard InChI is InChI=1S/C13H17N3O/c1-13(2)8-16(6-7-17-13)11-5-3-4-10-12(11)15-9-14-10/h3-5,9H,6-8H2,1-2H3,(H,14,15). The second-order valence-corrected chi connectivity index (χ2v) is 5.11. The number of nitrogens with one attached hydrogen (secondary N) is 1. The number of benzene rings is 1. The lowest BCUT2D eigenvalue weighted by atomic mass is 10.1. The SMILES string of the molecule is CC1(C)CN(c2cccc3[nH]cnc23)CCO1. The maximum atomic E-state index is 5.74. The minimum atomic E-state index is -0.0866. The number of aromatic amines is 1. The van der Waals surface area contributed by atoms with Gasteiger partial charge >= 0.3 is 0 Å². The summed E-state index contributed by atoms with van der Waals surface area (Å²) in [6.07, 6.45) is 1.75. The van der Waals surface area contributed by atoms with Crippen molar-refractivity contribution >= 4 is 16.7 Å². The number of fused-ring (bicyclic) bond motifs is 1. The lowest BCUT2D eigenvalue weighted by Gasteiger charge is -2.39. The predicted molar refractivity (Wildman–Crippen MR) is 68.3 cm³/mol. The molecule has 2 heterocycles. The Balaban J connectivity index is 2.00. The number of rotatable bonds is 1. The van der Waals surface area contributed by atoms with E-state index in [0.29, 0.717) is 0 Å². The first kappa shape index (κ1) is 10.6. The molecule has 0 saturated carbocycles. The highest BCUT2D eigenvalue weighted by Gasteiger charge is 2.28. The van der Waals surface area contributed by atoms with Gasteiger partial charge in [-0.25, -0.2) is 4.98 Å². The summed E-state index contributed by atoms with van der Waals surface area (Å²) < 4.78 is 5.74. The molecule has 0 atom stereocenters. The lowest BCUT2D eigenvalue weighted by Crippen LogP contribution is -2.48. The maximum absolute atomic E-state index is 5.74. The van der Waals surface area contributed by atoms with E-state index in [-0.39, 0.29) is 5.60 Å². The molecule has 4 heteroatoms. The predicted octanol–water partition coefficient (Wildman–Crippen LogP) is 2.18. The van der Waals surface area contributed by atoms with Crippen LogP contribution in [-0.4, -0.2) is 35.3 Å². The minimum Gasteiger partial charge on any atom is -0.372 e. The Kier molecular flexibility index (Phi) is 2.33. The third-order valence-corrected chi connectivity index (χ3v) is 3.19. The highest BCUT2D eigenvalue weighted by molar-refractivity contribution is 5.88. The molecule has 90 valence electrons. The van der Waals surface area contributed by atoms with Gasteiger partial charge in [0.05, 0.1) is 29.7 Å². The number of ether oxygens (including phenoxy) is 1. The number of anilines is 1. The van der Waals surface area contributed by atoms with Crippen LogP contribution in [0.5, 0.6) is 0 Å². The smallest absolute Gasteiger partial charge is 0.112 e. The fraction of sp³-hybridized carbons (Fsp3) is 0.462. The molecule has 0 radical (unpaired) electrons. The van der Waals surface area contributed by atoms with Crippen LogP contribution >= 0.6 is 0 Å². The fourth-order valence-electron chi connectivity index (χ4n) is 2.43. The second kappa shape index (κ2) is 3.74. The van der Waals surface area contributed by atoms with E-state index >= 15 is 0 Å². The Morgan fingerprint density at radius 2 is 2.29 bits per heavy atom. The van der Waals surface area contributed by atoms with Gasteiger partial charge in [0.1, 0.15) is 5.52 Å². The summed E-state index contributed by atoms with van der Waals surface area (Å²) in [5.41, 5.74) is 3.24. The third-order valence-electron chi connectivity index (χ3n) is 3.19. The molecule has 1 N–H and O–H groups in total. The average molecular weight is 231 g/mol. The van der Waals surface area contributed by atoms with Crippen LogP contribution < -0.4 is 4.90 Å². The Bertz CT molecular complexity index is 532. The zero-order valence-corrected chi connectivity index (χ0v) is 10.2. The summed E-state index contributed by atoms with van der Waals surface area (Å²) in [5.74, 6) is 0. The van der Waals surface area contributed by atoms with Gasteiger partial charge in [-0.15, -0.1) is 0 Å². The van der Waals surface area contributed by atoms with Crippen molar-refractivity contribution in [3.63, 3.8) is 0 Å². The van der Waals surface area contributed by atoms with Crippen LogP contribution in [0.3, 0.4) is 0 Å². The average Bonchev–Trinajstić information content (AvgIpc) is 2.75. The first-order valence-electron chi connectivity index (χ1n) is 5.97. The zero-order valence-electron chi connectivity index (χ0n) is 10.2. The van der Waals surface area contributed by atoms with Crippen molar-refractivity contribution in [3.8, 4) is 0 Å². The third kappa shape index (κ3) is 1.89. The van der Waals surface area contributed by atoms with E-state index < -0.39 is 0 Å². The molecule has 4 nitrogen and oxygen atoms in total. The Morgan fingerprint density at radius 1 is 1.41 bits per heavy atom. The van der Waals surface area contributed by atoms with Crippen molar-refractivity contribution in [2.24, 2.45) is 0 Å². The summed E-state index contributed by atoms with van der Waals surface area (Å²) in [7, 11) is 0. The van der Waals surface area contributed by atoms with E-state index in [1.807, 2.05) is 0 Å². The van der Waals surface area contributed by atoms with Crippen LogP contribution in [-0.2, 0) is 4.74 Å². The van der Waals surface area contributed by atoms with Gasteiger partial charge in [-0.1, -0.05) is 6.07 Å². The highest BCUT2D eigenvalue weighted by Crippen LogP contribution is 2.28. The van der Waals surface area contributed by atoms with Gasteiger partial charge < -0.3 is 14.6 Å². The number of nitrogens with zero attached hydrogens (tertiary/aromatic N) is 2. The van der Waals surface area contributed by atoms with Crippen LogP contribution in [0.2, 0.25) is 0 Å². The van der Waals surface area contributed by atoms with Gasteiger partial charge in [0.25, 0.3) is 0 Å². The first-order valence-corrected chi connectivity index (χ1v) is 5.97. The summed E-state index contributed by atoms with van der Waals surface area (Å²) in [4.78, 5) is 9.91. The van der Waals surface area contributed by atoms with E-state index in [2.05, 4.69) is 46.9 Å². The van der Waals surface area contributed by atoms with Crippen LogP contribution in [0.15, 0.2) is 24.5 Å². The molecule has 0 bridgehead atoms. The van der Waals surface area contributed by atoms with Crippen molar-refractivity contribution in [1.82, 2.24) is 9.97 Å². The van der Waals surface area contributed by atoms with Crippen molar-refractivity contribution < 1.29 is 4.74 Å². The van der Waals surface area contributed by atoms with E-state index in [1.54, 1.807) is 6.33 Å². The van der Waals surface area contributed by atoms with E-state index in [4.69, 9.17) is 4.74 Å². The Labute approximate surface area is 101 Å². The molecule has 1 saturated heterocycles. The van der Waals surface area contributed by atoms with Crippen LogP contribution in [0.25, 0.3) is 11.0 Å². The fourth-order valence-corrected chi connectivity index (χ4v) is 2.43. The topological polar surface area (TPSA) is 41.2 Å². The molecule has 1 aliphatic rings. The number of H-pyrrole nitrogens is 1. The molecule has 1 aromatic heterocycles. The molecule has 3 rings (SSSR count). The Hall–Kier alpha value is -1.55. The van der Waals surface area contributed by atoms with Gasteiger partial charge in [-0.05, 0) is 26.0 Å². The molecule has 0 amide bonds. The molecular formula is C13H17N3O. The Morgan fingerprint density at radius 3 is 3.12 bits per heavy atom. The number of hydrogen-bond acceptors (Lipinski definition) is 3. The number of para-hydroxylation sites is 1. The van der Waals surface area contributed by atoms with E-state index in [0.717, 1.165) is 30.7 Å². The number of imidazole rings is 1. The summed E-state index contributed by atoms with van der Waals surface area (Å²) in [6, 6.07) is 6.25. The molecule has 2 aromatic rings. The highest BCUT2D eigenvalue weighted by atomic mass is 16.5. The van der Waals surface area contributed by atoms with Crippen LogP contribution in [0.4, 0.5) is 5.69 Å². The largest absolute Gasteiger partial charge is 0.372 e. The van der Waals surface area contributed by atoms with Gasteiger partial charge in [-0.3, -0.25) is 0 Å². The van der Waals surface area contributed by atoms with Gasteiger partial charge in [-0.2, -0.15) is 0 Å². The van der Waals surface area contributed by atoms with Crippen molar-refractivity contribution in [3.05, 3.63) is 24.5 Å². The van der Waals surface area contributed by atoms with Crippen LogP contribution in [0.1, 0.15) is 13.8 Å². The number of aromatic nitrogens is 2. The number of morpholine rings is 1. The first-order chi connectivity index (χ1) is 8.16. The molecule has 0 unspecified atom stereocenters. The molecular weight excluding hydrogens is 214 g/mol. The zero-order chi connectivity index (χ0) is 11.9. The normalized spacial score (nSPS) is 19.8. The van der Waals surface area contributed by atoms with Gasteiger partial charge in [0, 0.05) is 13.1 Å². The summed E-state index contributed by atoms with van der Waals surface area (Å²) in [6.45, 7) is 6.86. The van der Waals surface area contributed by atoms with Gasteiger partial charge in [0.15, 0.2) is 0 Å². The van der Waals surface area contributed by atoms with Crippen LogP contribution in [0, 0.1) is 0 Å². The second-order valence-electron chi connectivity index (χ2n) is 5.11. The maximum Gasteiger partial charge on any atom is 0.112 e. The molecule has 0 spiro atoms. The molecule has 1 fully saturated rings. The molecule has 1 aliphatic heterocycles. The van der Waals surface area contributed by atoms with Crippen molar-refractivity contribution in [2.75, 3.05) is 24.6 Å². The summed E-state index contributed by atoms with van der Waals surface area (Å²) >= 11 is 0. The molecule has 17 heavy (non-hydrogen) atoms. The molecule has 0 aliphatic carbocycles.